The highest BCUT2D eigenvalue weighted by molar-refractivity contribution is 5.91. The fraction of sp³-hybridized carbons (Fsp3) is 0.517. The lowest BCUT2D eigenvalue weighted by atomic mass is 9.74. The number of amides is 2. The van der Waals surface area contributed by atoms with E-state index in [4.69, 9.17) is 9.47 Å². The van der Waals surface area contributed by atoms with Gasteiger partial charge < -0.3 is 9.47 Å². The summed E-state index contributed by atoms with van der Waals surface area (Å²) in [7, 11) is 0.925. The van der Waals surface area contributed by atoms with Crippen molar-refractivity contribution in [2.24, 2.45) is 5.92 Å². The second-order valence-corrected chi connectivity index (χ2v) is 11.1. The number of rotatable bonds is 5. The molecular formula is C29H29F9N2O4. The van der Waals surface area contributed by atoms with Gasteiger partial charge in [-0.2, -0.15) is 39.5 Å². The number of benzene rings is 2. The number of hydrogen-bond donors (Lipinski definition) is 0. The van der Waals surface area contributed by atoms with Crippen molar-refractivity contribution in [3.05, 3.63) is 64.2 Å². The number of anilines is 1. The van der Waals surface area contributed by atoms with Crippen LogP contribution >= 0.6 is 0 Å². The Morgan fingerprint density at radius 1 is 0.886 bits per heavy atom. The van der Waals surface area contributed by atoms with Gasteiger partial charge in [0, 0.05) is 12.6 Å². The van der Waals surface area contributed by atoms with E-state index < -0.39 is 77.7 Å². The average Bonchev–Trinajstić information content (AvgIpc) is 2.87. The van der Waals surface area contributed by atoms with Crippen LogP contribution < -0.4 is 4.90 Å². The fourth-order valence-electron chi connectivity index (χ4n) is 5.60. The van der Waals surface area contributed by atoms with E-state index in [-0.39, 0.29) is 29.7 Å². The van der Waals surface area contributed by atoms with Gasteiger partial charge in [0.05, 0.1) is 41.6 Å². The lowest BCUT2D eigenvalue weighted by Gasteiger charge is -2.48. The third-order valence-electron chi connectivity index (χ3n) is 7.78. The number of ether oxygens (including phenoxy) is 2. The molecule has 44 heavy (non-hydrogen) atoms. The Bertz CT molecular complexity index is 1350. The maximum Gasteiger partial charge on any atom is 0.416 e. The van der Waals surface area contributed by atoms with Crippen molar-refractivity contribution < 1.29 is 58.6 Å². The molecule has 1 aliphatic heterocycles. The van der Waals surface area contributed by atoms with Gasteiger partial charge in [-0.1, -0.05) is 6.42 Å². The molecule has 2 amide bonds. The van der Waals surface area contributed by atoms with Crippen LogP contribution in [0.25, 0.3) is 0 Å². The van der Waals surface area contributed by atoms with E-state index in [0.717, 1.165) is 36.6 Å². The zero-order valence-electron chi connectivity index (χ0n) is 23.7. The molecule has 0 aromatic heterocycles. The first kappa shape index (κ1) is 33.2. The summed E-state index contributed by atoms with van der Waals surface area (Å²) in [5, 5.41) is 0. The molecule has 2 aromatic carbocycles. The van der Waals surface area contributed by atoms with E-state index in [0.29, 0.717) is 25.0 Å². The van der Waals surface area contributed by atoms with Crippen molar-refractivity contribution in [3.63, 3.8) is 0 Å². The van der Waals surface area contributed by atoms with Crippen molar-refractivity contribution in [1.82, 2.24) is 4.90 Å². The van der Waals surface area contributed by atoms with Gasteiger partial charge in [0.15, 0.2) is 0 Å². The molecule has 1 heterocycles. The molecule has 2 atom stereocenters. The standard InChI is InChI=1S/C29H29F9N2O4/c1-15(2)44-26(42)40-22-8-7-18(27(30,31)32)12-21(22)24(13-23(40)17-5-4-6-17)39(25(41)43-3)14-16-9-19(28(33,34)35)11-20(10-16)29(36,37)38/h7-12,15,17,23-24H,4-6,13-14H2,1-3H3. The third-order valence-corrected chi connectivity index (χ3v) is 7.78. The molecule has 4 rings (SSSR count). The summed E-state index contributed by atoms with van der Waals surface area (Å²) < 4.78 is 133. The van der Waals surface area contributed by atoms with Gasteiger partial charge in [-0.15, -0.1) is 0 Å². The fourth-order valence-corrected chi connectivity index (χ4v) is 5.60. The summed E-state index contributed by atoms with van der Waals surface area (Å²) in [5.74, 6) is -0.155. The first-order valence-corrected chi connectivity index (χ1v) is 13.6. The quantitative estimate of drug-likeness (QED) is 0.306. The third kappa shape index (κ3) is 7.01. The predicted molar refractivity (Wildman–Crippen MR) is 138 cm³/mol. The van der Waals surface area contributed by atoms with E-state index >= 15 is 0 Å². The highest BCUT2D eigenvalue weighted by Crippen LogP contribution is 2.49. The molecule has 0 saturated heterocycles. The summed E-state index contributed by atoms with van der Waals surface area (Å²) in [6, 6.07) is 1.31. The molecule has 0 N–H and O–H groups in total. The van der Waals surface area contributed by atoms with Gasteiger partial charge in [0.25, 0.3) is 0 Å². The SMILES string of the molecule is COC(=O)N(Cc1cc(C(F)(F)F)cc(C(F)(F)F)c1)C1CC(C2CCC2)N(C(=O)OC(C)C)c2ccc(C(F)(F)F)cc21. The van der Waals surface area contributed by atoms with Crippen molar-refractivity contribution in [1.29, 1.82) is 0 Å². The molecule has 1 saturated carbocycles. The van der Waals surface area contributed by atoms with Crippen LogP contribution in [0.3, 0.4) is 0 Å². The Morgan fingerprint density at radius 2 is 1.45 bits per heavy atom. The minimum Gasteiger partial charge on any atom is -0.453 e. The van der Waals surface area contributed by atoms with E-state index in [1.165, 1.54) is 4.90 Å². The van der Waals surface area contributed by atoms with Crippen molar-refractivity contribution in [2.45, 2.75) is 82.8 Å². The Kier molecular flexibility index (Phi) is 9.09. The van der Waals surface area contributed by atoms with Crippen LogP contribution in [0.2, 0.25) is 0 Å². The smallest absolute Gasteiger partial charge is 0.416 e. The first-order valence-electron chi connectivity index (χ1n) is 13.6. The second kappa shape index (κ2) is 12.0. The molecule has 2 aliphatic rings. The Labute approximate surface area is 246 Å². The first-order chi connectivity index (χ1) is 20.3. The number of nitrogens with zero attached hydrogens (tertiary/aromatic N) is 2. The average molecular weight is 641 g/mol. The van der Waals surface area contributed by atoms with Crippen molar-refractivity contribution in [3.8, 4) is 0 Å². The highest BCUT2D eigenvalue weighted by Gasteiger charge is 2.47. The summed E-state index contributed by atoms with van der Waals surface area (Å²) in [4.78, 5) is 28.4. The van der Waals surface area contributed by atoms with Gasteiger partial charge in [0.1, 0.15) is 0 Å². The monoisotopic (exact) mass is 640 g/mol. The van der Waals surface area contributed by atoms with Gasteiger partial charge in [0.2, 0.25) is 0 Å². The summed E-state index contributed by atoms with van der Waals surface area (Å²) in [5.41, 5.74) is -5.16. The Hall–Kier alpha value is -3.65. The van der Waals surface area contributed by atoms with Crippen molar-refractivity contribution >= 4 is 17.9 Å². The minimum atomic E-state index is -5.17. The number of carbonyl (C=O) groups is 2. The molecule has 1 aliphatic carbocycles. The number of fused-ring (bicyclic) bond motifs is 1. The van der Waals surface area contributed by atoms with Crippen LogP contribution in [-0.4, -0.2) is 36.3 Å². The van der Waals surface area contributed by atoms with E-state index in [1.54, 1.807) is 13.8 Å². The van der Waals surface area contributed by atoms with E-state index in [2.05, 4.69) is 0 Å². The molecule has 0 spiro atoms. The summed E-state index contributed by atoms with van der Waals surface area (Å²) in [6.45, 7) is 2.30. The number of halogens is 9. The maximum absolute atomic E-state index is 13.8. The van der Waals surface area contributed by atoms with Gasteiger partial charge in [-0.25, -0.2) is 9.59 Å². The molecule has 1 fully saturated rings. The van der Waals surface area contributed by atoms with Gasteiger partial charge >= 0.3 is 30.7 Å². The minimum absolute atomic E-state index is 0.0225. The zero-order valence-corrected chi connectivity index (χ0v) is 23.7. The Morgan fingerprint density at radius 3 is 1.91 bits per heavy atom. The number of alkyl halides is 9. The largest absolute Gasteiger partial charge is 0.453 e. The van der Waals surface area contributed by atoms with E-state index in [1.807, 2.05) is 0 Å². The molecular weight excluding hydrogens is 611 g/mol. The summed E-state index contributed by atoms with van der Waals surface area (Å²) >= 11 is 0. The van der Waals surface area contributed by atoms with Crippen LogP contribution in [-0.2, 0) is 34.5 Å². The lowest BCUT2D eigenvalue weighted by Crippen LogP contribution is -2.53. The maximum atomic E-state index is 13.8. The number of methoxy groups -OCH3 is 1. The van der Waals surface area contributed by atoms with Crippen LogP contribution in [0.1, 0.15) is 73.4 Å². The van der Waals surface area contributed by atoms with Crippen LogP contribution in [0.4, 0.5) is 54.8 Å². The molecule has 242 valence electrons. The van der Waals surface area contributed by atoms with Crippen molar-refractivity contribution in [2.75, 3.05) is 12.0 Å². The molecule has 6 nitrogen and oxygen atoms in total. The van der Waals surface area contributed by atoms with Crippen LogP contribution in [0, 0.1) is 5.92 Å². The molecule has 2 aromatic rings. The topological polar surface area (TPSA) is 59.1 Å². The predicted octanol–water partition coefficient (Wildman–Crippen LogP) is 8.98. The molecule has 15 heteroatoms. The van der Waals surface area contributed by atoms with Gasteiger partial charge in [-0.3, -0.25) is 9.80 Å². The van der Waals surface area contributed by atoms with Crippen LogP contribution in [0.15, 0.2) is 36.4 Å². The number of carbonyl (C=O) groups excluding carboxylic acids is 2. The molecule has 0 radical (unpaired) electrons. The molecule has 0 bridgehead atoms. The van der Waals surface area contributed by atoms with E-state index in [9.17, 15) is 49.1 Å². The second-order valence-electron chi connectivity index (χ2n) is 11.1. The number of hydrogen-bond acceptors (Lipinski definition) is 4. The van der Waals surface area contributed by atoms with Gasteiger partial charge in [-0.05, 0) is 86.6 Å². The lowest BCUT2D eigenvalue weighted by molar-refractivity contribution is -0.143. The zero-order chi connectivity index (χ0) is 32.8. The normalized spacial score (nSPS) is 19.3. The van der Waals surface area contributed by atoms with Crippen LogP contribution in [0.5, 0.6) is 0 Å². The Balaban J connectivity index is 1.90. The summed E-state index contributed by atoms with van der Waals surface area (Å²) in [6.07, 6.45) is -15.9. The highest BCUT2D eigenvalue weighted by atomic mass is 19.4. The molecule has 2 unspecified atom stereocenters.